The zero-order chi connectivity index (χ0) is 14.3. The van der Waals surface area contributed by atoms with E-state index < -0.39 is 0 Å². The molecule has 1 saturated heterocycles. The molecule has 0 N–H and O–H groups in total. The molecule has 3 nitrogen and oxygen atoms in total. The van der Waals surface area contributed by atoms with Crippen LogP contribution in [0.25, 0.3) is 10.2 Å². The average Bonchev–Trinajstić information content (AvgIpc) is 2.88. The molecule has 0 aliphatic carbocycles. The third-order valence-corrected chi connectivity index (χ3v) is 5.69. The maximum absolute atomic E-state index is 6.18. The number of thiazole rings is 1. The lowest BCUT2D eigenvalue weighted by Gasteiger charge is -2.34. The number of fused-ring (bicyclic) bond motifs is 1. The second kappa shape index (κ2) is 5.51. The van der Waals surface area contributed by atoms with Crippen molar-refractivity contribution in [1.29, 1.82) is 0 Å². The number of hydrogen-bond acceptors (Lipinski definition) is 4. The summed E-state index contributed by atoms with van der Waals surface area (Å²) < 4.78 is 1.23. The van der Waals surface area contributed by atoms with E-state index in [1.165, 1.54) is 17.5 Å². The maximum atomic E-state index is 6.18. The highest BCUT2D eigenvalue weighted by Crippen LogP contribution is 2.34. The quantitative estimate of drug-likeness (QED) is 0.841. The summed E-state index contributed by atoms with van der Waals surface area (Å²) in [6, 6.07) is 4.76. The van der Waals surface area contributed by atoms with E-state index >= 15 is 0 Å². The summed E-state index contributed by atoms with van der Waals surface area (Å²) in [6.07, 6.45) is 2.42. The van der Waals surface area contributed by atoms with Crippen LogP contribution >= 0.6 is 22.9 Å². The number of nitrogens with zero attached hydrogens (tertiary/aromatic N) is 3. The molecule has 3 rings (SSSR count). The molecule has 0 bridgehead atoms. The predicted molar refractivity (Wildman–Crippen MR) is 88.3 cm³/mol. The summed E-state index contributed by atoms with van der Waals surface area (Å²) in [5.41, 5.74) is 2.15. The maximum Gasteiger partial charge on any atom is 0.186 e. The molecule has 20 heavy (non-hydrogen) atoms. The Morgan fingerprint density at radius 2 is 2.00 bits per heavy atom. The first kappa shape index (κ1) is 14.1. The third-order valence-electron chi connectivity index (χ3n) is 4.20. The van der Waals surface area contributed by atoms with Crippen molar-refractivity contribution in [2.75, 3.05) is 32.1 Å². The van der Waals surface area contributed by atoms with Crippen molar-refractivity contribution < 1.29 is 0 Å². The van der Waals surface area contributed by atoms with Gasteiger partial charge in [-0.2, -0.15) is 0 Å². The third kappa shape index (κ3) is 2.52. The van der Waals surface area contributed by atoms with E-state index in [0.29, 0.717) is 6.04 Å². The molecule has 0 amide bonds. The van der Waals surface area contributed by atoms with Gasteiger partial charge in [0.1, 0.15) is 0 Å². The highest BCUT2D eigenvalue weighted by molar-refractivity contribution is 7.22. The van der Waals surface area contributed by atoms with Crippen LogP contribution in [0.2, 0.25) is 5.02 Å². The highest BCUT2D eigenvalue weighted by atomic mass is 35.5. The molecule has 1 fully saturated rings. The van der Waals surface area contributed by atoms with Crippen LogP contribution in [-0.2, 0) is 0 Å². The predicted octanol–water partition coefficient (Wildman–Crippen LogP) is 3.79. The summed E-state index contributed by atoms with van der Waals surface area (Å²) in [7, 11) is 4.34. The molecule has 1 aromatic heterocycles. The number of piperidine rings is 1. The molecule has 2 aromatic rings. The summed E-state index contributed by atoms with van der Waals surface area (Å²) in [5.74, 6) is 0. The van der Waals surface area contributed by atoms with Crippen LogP contribution in [0, 0.1) is 6.92 Å². The summed E-state index contributed by atoms with van der Waals surface area (Å²) in [6.45, 7) is 4.23. The van der Waals surface area contributed by atoms with E-state index in [9.17, 15) is 0 Å². The van der Waals surface area contributed by atoms with Crippen molar-refractivity contribution >= 4 is 38.3 Å². The molecule has 2 heterocycles. The molecule has 0 spiro atoms. The van der Waals surface area contributed by atoms with Crippen LogP contribution in [0.4, 0.5) is 5.13 Å². The normalized spacial score (nSPS) is 17.4. The van der Waals surface area contributed by atoms with Crippen molar-refractivity contribution in [2.24, 2.45) is 0 Å². The van der Waals surface area contributed by atoms with Crippen LogP contribution in [0.3, 0.4) is 0 Å². The van der Waals surface area contributed by atoms with Crippen LogP contribution in [0.15, 0.2) is 12.1 Å². The van der Waals surface area contributed by atoms with Gasteiger partial charge in [0.2, 0.25) is 0 Å². The number of halogens is 1. The molecule has 108 valence electrons. The first-order valence-electron chi connectivity index (χ1n) is 7.03. The Morgan fingerprint density at radius 3 is 2.65 bits per heavy atom. The largest absolute Gasteiger partial charge is 0.348 e. The lowest BCUT2D eigenvalue weighted by molar-refractivity contribution is 0.249. The van der Waals surface area contributed by atoms with Crippen molar-refractivity contribution in [3.05, 3.63) is 22.7 Å². The van der Waals surface area contributed by atoms with Gasteiger partial charge in [0.25, 0.3) is 0 Å². The van der Waals surface area contributed by atoms with E-state index in [1.54, 1.807) is 11.3 Å². The summed E-state index contributed by atoms with van der Waals surface area (Å²) in [4.78, 5) is 9.56. The van der Waals surface area contributed by atoms with Crippen molar-refractivity contribution in [1.82, 2.24) is 9.88 Å². The molecule has 0 unspecified atom stereocenters. The van der Waals surface area contributed by atoms with Gasteiger partial charge in [-0.3, -0.25) is 0 Å². The number of hydrogen-bond donors (Lipinski definition) is 0. The fraction of sp³-hybridized carbons (Fsp3) is 0.533. The molecule has 1 aromatic carbocycles. The molecule has 0 saturated carbocycles. The molecular formula is C15H20ClN3S. The van der Waals surface area contributed by atoms with E-state index in [2.05, 4.69) is 30.0 Å². The number of aryl methyl sites for hydroxylation is 1. The fourth-order valence-electron chi connectivity index (χ4n) is 2.80. The summed E-state index contributed by atoms with van der Waals surface area (Å²) >= 11 is 7.96. The van der Waals surface area contributed by atoms with E-state index in [4.69, 9.17) is 16.6 Å². The second-order valence-electron chi connectivity index (χ2n) is 5.70. The Hall–Kier alpha value is -0.840. The minimum absolute atomic E-state index is 0.705. The standard InChI is InChI=1S/C15H20ClN3S/c1-10-12(16)4-5-13-14(10)17-15(20-13)19-8-6-11(7-9-19)18(2)3/h4-5,11H,6-9H2,1-3H3. The Kier molecular flexibility index (Phi) is 3.89. The van der Waals surface area contributed by atoms with Gasteiger partial charge in [0.15, 0.2) is 5.13 Å². The van der Waals surface area contributed by atoms with E-state index in [-0.39, 0.29) is 0 Å². The number of benzene rings is 1. The van der Waals surface area contributed by atoms with Crippen molar-refractivity contribution in [3.63, 3.8) is 0 Å². The molecule has 1 aliphatic rings. The van der Waals surface area contributed by atoms with E-state index in [1.807, 2.05) is 13.0 Å². The Morgan fingerprint density at radius 1 is 1.30 bits per heavy atom. The SMILES string of the molecule is Cc1c(Cl)ccc2sc(N3CCC(N(C)C)CC3)nc12. The Balaban J connectivity index is 1.83. The molecule has 5 heteroatoms. The van der Waals surface area contributed by atoms with Gasteiger partial charge in [0, 0.05) is 24.2 Å². The first-order valence-corrected chi connectivity index (χ1v) is 8.22. The lowest BCUT2D eigenvalue weighted by atomic mass is 10.0. The van der Waals surface area contributed by atoms with Gasteiger partial charge in [-0.25, -0.2) is 4.98 Å². The number of aromatic nitrogens is 1. The minimum atomic E-state index is 0.705. The lowest BCUT2D eigenvalue weighted by Crippen LogP contribution is -2.41. The van der Waals surface area contributed by atoms with Crippen LogP contribution in [0.1, 0.15) is 18.4 Å². The van der Waals surface area contributed by atoms with Gasteiger partial charge < -0.3 is 9.80 Å². The molecule has 0 atom stereocenters. The zero-order valence-corrected chi connectivity index (χ0v) is 13.8. The highest BCUT2D eigenvalue weighted by Gasteiger charge is 2.23. The van der Waals surface area contributed by atoms with Gasteiger partial charge in [-0.1, -0.05) is 22.9 Å². The number of anilines is 1. The Bertz CT molecular complexity index is 615. The molecular weight excluding hydrogens is 290 g/mol. The van der Waals surface area contributed by atoms with Crippen LogP contribution < -0.4 is 4.90 Å². The monoisotopic (exact) mass is 309 g/mol. The topological polar surface area (TPSA) is 19.4 Å². The van der Waals surface area contributed by atoms with E-state index in [0.717, 1.165) is 34.3 Å². The average molecular weight is 310 g/mol. The molecule has 0 radical (unpaired) electrons. The van der Waals surface area contributed by atoms with Gasteiger partial charge in [0.05, 0.1) is 10.2 Å². The number of rotatable bonds is 2. The minimum Gasteiger partial charge on any atom is -0.348 e. The first-order chi connectivity index (χ1) is 9.56. The van der Waals surface area contributed by atoms with Gasteiger partial charge in [-0.05, 0) is 51.6 Å². The zero-order valence-electron chi connectivity index (χ0n) is 12.2. The van der Waals surface area contributed by atoms with Crippen molar-refractivity contribution in [3.8, 4) is 0 Å². The van der Waals surface area contributed by atoms with Gasteiger partial charge in [-0.15, -0.1) is 0 Å². The van der Waals surface area contributed by atoms with Crippen LogP contribution in [-0.4, -0.2) is 43.1 Å². The summed E-state index contributed by atoms with van der Waals surface area (Å²) in [5, 5.41) is 1.95. The van der Waals surface area contributed by atoms with Crippen molar-refractivity contribution in [2.45, 2.75) is 25.8 Å². The fourth-order valence-corrected chi connectivity index (χ4v) is 4.03. The Labute approximate surface area is 129 Å². The molecule has 1 aliphatic heterocycles. The smallest absolute Gasteiger partial charge is 0.186 e. The van der Waals surface area contributed by atoms with Crippen LogP contribution in [0.5, 0.6) is 0 Å². The van der Waals surface area contributed by atoms with Gasteiger partial charge >= 0.3 is 0 Å². The second-order valence-corrected chi connectivity index (χ2v) is 7.11.